The maximum Gasteiger partial charge on any atom is 0.240 e. The van der Waals surface area contributed by atoms with E-state index in [4.69, 9.17) is 23.2 Å². The number of carbonyl (C=O) groups excluding carboxylic acids is 1. The Morgan fingerprint density at radius 3 is 2.85 bits per heavy atom. The first-order valence-corrected chi connectivity index (χ1v) is 3.99. The zero-order valence-electron chi connectivity index (χ0n) is 6.10. The van der Waals surface area contributed by atoms with Crippen LogP contribution in [0.3, 0.4) is 0 Å². The van der Waals surface area contributed by atoms with Gasteiger partial charge in [0.2, 0.25) is 11.2 Å². The summed E-state index contributed by atoms with van der Waals surface area (Å²) >= 11 is 10.5. The van der Waals surface area contributed by atoms with E-state index < -0.39 is 16.3 Å². The zero-order valence-corrected chi connectivity index (χ0v) is 7.61. The number of alkyl halides is 3. The zero-order chi connectivity index (χ0) is 10.1. The van der Waals surface area contributed by atoms with E-state index in [0.717, 1.165) is 18.2 Å². The van der Waals surface area contributed by atoms with E-state index in [1.807, 2.05) is 0 Å². The van der Waals surface area contributed by atoms with Crippen molar-refractivity contribution in [1.82, 2.24) is 0 Å². The van der Waals surface area contributed by atoms with Gasteiger partial charge in [0, 0.05) is 0 Å². The minimum Gasteiger partial charge on any atom is -0.219 e. The van der Waals surface area contributed by atoms with Crippen molar-refractivity contribution >= 4 is 29.3 Å². The quantitative estimate of drug-likeness (QED) is 0.383. The molecular formula is C7H3Cl2F2NO. The highest BCUT2D eigenvalue weighted by Crippen LogP contribution is 2.38. The normalized spacial score (nSPS) is 33.1. The van der Waals surface area contributed by atoms with Gasteiger partial charge >= 0.3 is 0 Å². The highest BCUT2D eigenvalue weighted by atomic mass is 35.5. The van der Waals surface area contributed by atoms with Crippen molar-refractivity contribution in [2.45, 2.75) is 10.5 Å². The predicted molar refractivity (Wildman–Crippen MR) is 44.7 cm³/mol. The minimum absolute atomic E-state index is 0.357. The molecule has 0 heterocycles. The number of nitrogens with zero attached hydrogens (tertiary/aromatic N) is 1. The second-order valence-electron chi connectivity index (χ2n) is 2.31. The lowest BCUT2D eigenvalue weighted by Crippen LogP contribution is -2.28. The molecule has 0 saturated carbocycles. The molecule has 0 radical (unpaired) electrons. The molecule has 0 amide bonds. The van der Waals surface area contributed by atoms with Gasteiger partial charge in [0.15, 0.2) is 0 Å². The number of hydrogen-bond donors (Lipinski definition) is 0. The van der Waals surface area contributed by atoms with E-state index in [0.29, 0.717) is 0 Å². The average Bonchev–Trinajstić information content (AvgIpc) is 2.07. The number of isocyanates is 1. The van der Waals surface area contributed by atoms with Gasteiger partial charge in [-0.1, -0.05) is 11.6 Å². The van der Waals surface area contributed by atoms with Crippen LogP contribution < -0.4 is 0 Å². The van der Waals surface area contributed by atoms with Crippen LogP contribution in [-0.4, -0.2) is 16.6 Å². The van der Waals surface area contributed by atoms with E-state index in [1.165, 1.54) is 0 Å². The number of hydrogen-bond acceptors (Lipinski definition) is 2. The summed E-state index contributed by atoms with van der Waals surface area (Å²) in [5.74, 6) is -1.08. The van der Waals surface area contributed by atoms with Crippen LogP contribution in [0.1, 0.15) is 0 Å². The molecule has 13 heavy (non-hydrogen) atoms. The molecule has 0 bridgehead atoms. The third-order valence-corrected chi connectivity index (χ3v) is 2.40. The van der Waals surface area contributed by atoms with Crippen molar-refractivity contribution in [3.8, 4) is 0 Å². The van der Waals surface area contributed by atoms with Crippen LogP contribution in [0.2, 0.25) is 0 Å². The molecule has 0 aromatic carbocycles. The molecule has 0 aliphatic heterocycles. The summed E-state index contributed by atoms with van der Waals surface area (Å²) in [4.78, 5) is 12.8. The highest BCUT2D eigenvalue weighted by Gasteiger charge is 2.40. The molecule has 1 aliphatic carbocycles. The maximum atomic E-state index is 13.1. The van der Waals surface area contributed by atoms with Crippen molar-refractivity contribution in [2.75, 3.05) is 0 Å². The van der Waals surface area contributed by atoms with Gasteiger partial charge in [-0.15, -0.1) is 11.6 Å². The Morgan fingerprint density at radius 2 is 2.31 bits per heavy atom. The fourth-order valence-electron chi connectivity index (χ4n) is 0.793. The van der Waals surface area contributed by atoms with Gasteiger partial charge in [0.1, 0.15) is 16.9 Å². The first kappa shape index (κ1) is 10.4. The fraction of sp³-hybridized carbons (Fsp3) is 0.286. The van der Waals surface area contributed by atoms with Crippen LogP contribution in [0.25, 0.3) is 0 Å². The number of rotatable bonds is 1. The lowest BCUT2D eigenvalue weighted by Gasteiger charge is -2.22. The third kappa shape index (κ3) is 1.97. The smallest absolute Gasteiger partial charge is 0.219 e. The largest absolute Gasteiger partial charge is 0.240 e. The Bertz CT molecular complexity index is 331. The summed E-state index contributed by atoms with van der Waals surface area (Å²) in [5, 5.41) is -4.15. The van der Waals surface area contributed by atoms with Crippen LogP contribution in [0.15, 0.2) is 28.7 Å². The van der Waals surface area contributed by atoms with Gasteiger partial charge < -0.3 is 0 Å². The summed E-state index contributed by atoms with van der Waals surface area (Å²) in [6.45, 7) is 0. The SMILES string of the molecule is O=C=NC1=C(F)C(Cl)C(F)(Cl)C=C1. The standard InChI is InChI=1S/C7H3Cl2F2NO/c8-6-5(10)4(12-3-13)1-2-7(6,9)11/h1-2,6H. The Kier molecular flexibility index (Phi) is 2.86. The molecule has 0 N–H and O–H groups in total. The first-order chi connectivity index (χ1) is 5.99. The predicted octanol–water partition coefficient (Wildman–Crippen LogP) is 2.59. The molecule has 0 aromatic heterocycles. The second-order valence-corrected chi connectivity index (χ2v) is 3.32. The molecule has 2 atom stereocenters. The molecule has 0 saturated heterocycles. The van der Waals surface area contributed by atoms with Gasteiger partial charge in [0.05, 0.1) is 0 Å². The highest BCUT2D eigenvalue weighted by molar-refractivity contribution is 6.33. The second kappa shape index (κ2) is 3.58. The van der Waals surface area contributed by atoms with E-state index >= 15 is 0 Å². The lowest BCUT2D eigenvalue weighted by atomic mass is 10.1. The van der Waals surface area contributed by atoms with E-state index in [-0.39, 0.29) is 5.70 Å². The molecule has 1 rings (SSSR count). The van der Waals surface area contributed by atoms with Crippen molar-refractivity contribution in [3.63, 3.8) is 0 Å². The Hall–Kier alpha value is -0.700. The molecule has 2 nitrogen and oxygen atoms in total. The molecular weight excluding hydrogens is 223 g/mol. The summed E-state index contributed by atoms with van der Waals surface area (Å²) in [6, 6.07) is 0. The minimum atomic E-state index is -2.48. The Morgan fingerprint density at radius 1 is 1.69 bits per heavy atom. The van der Waals surface area contributed by atoms with Gasteiger partial charge in [0.25, 0.3) is 0 Å². The summed E-state index contributed by atoms with van der Waals surface area (Å²) < 4.78 is 26.1. The van der Waals surface area contributed by atoms with Gasteiger partial charge in [-0.3, -0.25) is 0 Å². The Labute approximate surface area is 82.5 Å². The van der Waals surface area contributed by atoms with Gasteiger partial charge in [-0.05, 0) is 12.2 Å². The first-order valence-electron chi connectivity index (χ1n) is 3.17. The topological polar surface area (TPSA) is 29.4 Å². The third-order valence-electron chi connectivity index (χ3n) is 1.43. The van der Waals surface area contributed by atoms with Gasteiger partial charge in [-0.25, -0.2) is 13.6 Å². The number of aliphatic imine (C=N–C) groups is 1. The monoisotopic (exact) mass is 225 g/mol. The van der Waals surface area contributed by atoms with Crippen LogP contribution in [-0.2, 0) is 4.79 Å². The Balaban J connectivity index is 3.11. The fourth-order valence-corrected chi connectivity index (χ4v) is 1.14. The summed E-state index contributed by atoms with van der Waals surface area (Å²) in [7, 11) is 0. The molecule has 6 heteroatoms. The van der Waals surface area contributed by atoms with Crippen LogP contribution >= 0.6 is 23.2 Å². The molecule has 0 fully saturated rings. The maximum absolute atomic E-state index is 13.1. The van der Waals surface area contributed by atoms with Crippen molar-refractivity contribution in [2.24, 2.45) is 4.99 Å². The van der Waals surface area contributed by atoms with Crippen LogP contribution in [0.5, 0.6) is 0 Å². The molecule has 2 unspecified atom stereocenters. The number of halogens is 4. The van der Waals surface area contributed by atoms with Crippen molar-refractivity contribution in [3.05, 3.63) is 23.7 Å². The van der Waals surface area contributed by atoms with E-state index in [1.54, 1.807) is 0 Å². The summed E-state index contributed by atoms with van der Waals surface area (Å²) in [6.07, 6.45) is 2.88. The molecule has 0 spiro atoms. The molecule has 70 valence electrons. The molecule has 0 aromatic rings. The lowest BCUT2D eigenvalue weighted by molar-refractivity contribution is 0.323. The van der Waals surface area contributed by atoms with Crippen molar-refractivity contribution < 1.29 is 13.6 Å². The average molecular weight is 226 g/mol. The van der Waals surface area contributed by atoms with E-state index in [2.05, 4.69) is 4.99 Å². The van der Waals surface area contributed by atoms with E-state index in [9.17, 15) is 13.6 Å². The number of allylic oxidation sites excluding steroid dienone is 3. The molecule has 1 aliphatic rings. The van der Waals surface area contributed by atoms with Gasteiger partial charge in [-0.2, -0.15) is 4.99 Å². The van der Waals surface area contributed by atoms with Crippen LogP contribution in [0, 0.1) is 0 Å². The summed E-state index contributed by atoms with van der Waals surface area (Å²) in [5.41, 5.74) is -0.357. The van der Waals surface area contributed by atoms with Crippen molar-refractivity contribution in [1.29, 1.82) is 0 Å². The van der Waals surface area contributed by atoms with Crippen LogP contribution in [0.4, 0.5) is 8.78 Å².